The first kappa shape index (κ1) is 17.5. The highest BCUT2D eigenvalue weighted by molar-refractivity contribution is 6.31. The molecule has 0 spiro atoms. The number of halogens is 3. The van der Waals surface area contributed by atoms with E-state index in [4.69, 9.17) is 33.0 Å². The van der Waals surface area contributed by atoms with Crippen molar-refractivity contribution in [3.63, 3.8) is 0 Å². The van der Waals surface area contributed by atoms with Crippen molar-refractivity contribution in [2.75, 3.05) is 6.54 Å². The van der Waals surface area contributed by atoms with E-state index in [9.17, 15) is 9.18 Å². The first-order valence-electron chi connectivity index (χ1n) is 6.73. The van der Waals surface area contributed by atoms with Gasteiger partial charge in [-0.3, -0.25) is 4.79 Å². The van der Waals surface area contributed by atoms with Gasteiger partial charge in [-0.1, -0.05) is 29.3 Å². The molecule has 0 saturated heterocycles. The van der Waals surface area contributed by atoms with Crippen molar-refractivity contribution in [1.82, 2.24) is 5.32 Å². The maximum atomic E-state index is 13.0. The maximum absolute atomic E-state index is 13.0. The van der Waals surface area contributed by atoms with Gasteiger partial charge in [0.15, 0.2) is 0 Å². The van der Waals surface area contributed by atoms with E-state index in [1.807, 2.05) is 0 Å². The highest BCUT2D eigenvalue weighted by atomic mass is 35.5. The molecular weight excluding hydrogens is 344 g/mol. The molecule has 2 N–H and O–H groups in total. The number of hydrogen-bond acceptors (Lipinski definition) is 3. The van der Waals surface area contributed by atoms with E-state index in [0.29, 0.717) is 22.9 Å². The van der Waals surface area contributed by atoms with Crippen molar-refractivity contribution >= 4 is 29.2 Å². The largest absolute Gasteiger partial charge is 0.489 e. The lowest BCUT2D eigenvalue weighted by Gasteiger charge is -2.13. The third kappa shape index (κ3) is 5.39. The molecule has 23 heavy (non-hydrogen) atoms. The Bertz CT molecular complexity index is 710. The zero-order valence-electron chi connectivity index (χ0n) is 12.0. The molecule has 0 aliphatic carbocycles. The summed E-state index contributed by atoms with van der Waals surface area (Å²) in [7, 11) is 0. The van der Waals surface area contributed by atoms with Gasteiger partial charge in [-0.25, -0.2) is 4.39 Å². The van der Waals surface area contributed by atoms with Crippen molar-refractivity contribution in [2.45, 2.75) is 13.2 Å². The third-order valence-corrected chi connectivity index (χ3v) is 3.60. The van der Waals surface area contributed by atoms with E-state index in [1.54, 1.807) is 24.3 Å². The molecule has 0 atom stereocenters. The zero-order chi connectivity index (χ0) is 16.8. The Balaban J connectivity index is 2.07. The van der Waals surface area contributed by atoms with Crippen LogP contribution in [-0.4, -0.2) is 17.6 Å². The number of hydrogen-bond donors (Lipinski definition) is 2. The van der Waals surface area contributed by atoms with Crippen molar-refractivity contribution in [3.05, 3.63) is 63.4 Å². The molecule has 7 heteroatoms. The number of carboxylic acid groups (broad SMARTS) is 1. The second-order valence-electron chi connectivity index (χ2n) is 4.77. The van der Waals surface area contributed by atoms with Gasteiger partial charge in [0.05, 0.1) is 11.6 Å². The van der Waals surface area contributed by atoms with Crippen molar-refractivity contribution in [3.8, 4) is 5.75 Å². The van der Waals surface area contributed by atoms with Gasteiger partial charge >= 0.3 is 5.97 Å². The van der Waals surface area contributed by atoms with Crippen LogP contribution in [0.1, 0.15) is 11.1 Å². The minimum atomic E-state index is -0.951. The number of aliphatic carboxylic acids is 1. The Hall–Kier alpha value is -1.82. The number of ether oxygens (including phenoxy) is 1. The SMILES string of the molecule is O=C(O)CNCc1cc(Cl)ccc1OCc1ccc(F)cc1Cl. The number of nitrogens with one attached hydrogen (secondary N) is 1. The first-order valence-corrected chi connectivity index (χ1v) is 7.49. The average molecular weight is 358 g/mol. The molecule has 122 valence electrons. The molecule has 0 saturated carbocycles. The monoisotopic (exact) mass is 357 g/mol. The molecule has 0 heterocycles. The maximum Gasteiger partial charge on any atom is 0.317 e. The second-order valence-corrected chi connectivity index (χ2v) is 5.62. The number of benzene rings is 2. The van der Waals surface area contributed by atoms with Crippen molar-refractivity contribution in [2.24, 2.45) is 0 Å². The van der Waals surface area contributed by atoms with Gasteiger partial charge in [-0.2, -0.15) is 0 Å². The highest BCUT2D eigenvalue weighted by Crippen LogP contribution is 2.25. The zero-order valence-corrected chi connectivity index (χ0v) is 13.5. The van der Waals surface area contributed by atoms with Crippen LogP contribution in [0.3, 0.4) is 0 Å². The second kappa shape index (κ2) is 8.15. The standard InChI is InChI=1S/C16H14Cl2FNO3/c17-12-2-4-15(11(5-12)7-20-8-16(21)22)23-9-10-1-3-13(19)6-14(10)18/h1-6,20H,7-9H2,(H,21,22). The van der Waals surface area contributed by atoms with E-state index in [-0.39, 0.29) is 18.2 Å². The smallest absolute Gasteiger partial charge is 0.317 e. The van der Waals surface area contributed by atoms with Gasteiger partial charge in [-0.05, 0) is 30.3 Å². The van der Waals surface area contributed by atoms with E-state index in [2.05, 4.69) is 5.32 Å². The summed E-state index contributed by atoms with van der Waals surface area (Å²) in [5.74, 6) is -0.816. The molecule has 4 nitrogen and oxygen atoms in total. The summed E-state index contributed by atoms with van der Waals surface area (Å²) in [5, 5.41) is 12.2. The van der Waals surface area contributed by atoms with Crippen LogP contribution in [0.5, 0.6) is 5.75 Å². The van der Waals surface area contributed by atoms with Crippen LogP contribution in [0.15, 0.2) is 36.4 Å². The molecule has 2 rings (SSSR count). The van der Waals surface area contributed by atoms with E-state index < -0.39 is 11.8 Å². The van der Waals surface area contributed by atoms with Crippen molar-refractivity contribution in [1.29, 1.82) is 0 Å². The predicted molar refractivity (Wildman–Crippen MR) is 86.5 cm³/mol. The summed E-state index contributed by atoms with van der Waals surface area (Å²) in [6.07, 6.45) is 0. The van der Waals surface area contributed by atoms with Crippen LogP contribution in [0.25, 0.3) is 0 Å². The number of rotatable bonds is 7. The van der Waals surface area contributed by atoms with Crippen LogP contribution >= 0.6 is 23.2 Å². The molecule has 0 amide bonds. The van der Waals surface area contributed by atoms with Gasteiger partial charge in [0.25, 0.3) is 0 Å². The Kier molecular flexibility index (Phi) is 6.21. The fourth-order valence-corrected chi connectivity index (χ4v) is 2.34. The Morgan fingerprint density at radius 1 is 1.17 bits per heavy atom. The van der Waals surface area contributed by atoms with Crippen LogP contribution in [0.4, 0.5) is 4.39 Å². The summed E-state index contributed by atoms with van der Waals surface area (Å²) in [4.78, 5) is 10.6. The predicted octanol–water partition coefficient (Wildman–Crippen LogP) is 3.89. The highest BCUT2D eigenvalue weighted by Gasteiger charge is 2.08. The molecular formula is C16H14Cl2FNO3. The normalized spacial score (nSPS) is 10.6. The topological polar surface area (TPSA) is 58.6 Å². The van der Waals surface area contributed by atoms with E-state index in [1.165, 1.54) is 12.1 Å². The molecule has 0 aliphatic rings. The summed E-state index contributed by atoms with van der Waals surface area (Å²) in [5.41, 5.74) is 1.37. The summed E-state index contributed by atoms with van der Waals surface area (Å²) in [6.45, 7) is 0.280. The quantitative estimate of drug-likeness (QED) is 0.789. The Morgan fingerprint density at radius 3 is 2.65 bits per heavy atom. The number of carbonyl (C=O) groups is 1. The van der Waals surface area contributed by atoms with Crippen molar-refractivity contribution < 1.29 is 19.0 Å². The molecule has 0 aliphatic heterocycles. The summed E-state index contributed by atoms with van der Waals surface area (Å²) in [6, 6.07) is 9.13. The molecule has 0 unspecified atom stereocenters. The van der Waals surface area contributed by atoms with Gasteiger partial charge in [0.2, 0.25) is 0 Å². The third-order valence-electron chi connectivity index (χ3n) is 3.01. The van der Waals surface area contributed by atoms with Crippen LogP contribution in [0, 0.1) is 5.82 Å². The van der Waals surface area contributed by atoms with Gasteiger partial charge in [0, 0.05) is 22.7 Å². The lowest BCUT2D eigenvalue weighted by Crippen LogP contribution is -2.22. The minimum absolute atomic E-state index is 0.159. The molecule has 2 aromatic rings. The molecule has 0 radical (unpaired) electrons. The molecule has 2 aromatic carbocycles. The number of carboxylic acids is 1. The van der Waals surface area contributed by atoms with E-state index >= 15 is 0 Å². The van der Waals surface area contributed by atoms with Crippen LogP contribution < -0.4 is 10.1 Å². The summed E-state index contributed by atoms with van der Waals surface area (Å²) < 4.78 is 18.7. The molecule has 0 aromatic heterocycles. The van der Waals surface area contributed by atoms with E-state index in [0.717, 1.165) is 5.56 Å². The minimum Gasteiger partial charge on any atom is -0.489 e. The van der Waals surface area contributed by atoms with Crippen LogP contribution in [-0.2, 0) is 17.9 Å². The lowest BCUT2D eigenvalue weighted by molar-refractivity contribution is -0.136. The van der Waals surface area contributed by atoms with Gasteiger partial charge in [0.1, 0.15) is 18.2 Å². The first-order chi connectivity index (χ1) is 11.0. The fourth-order valence-electron chi connectivity index (χ4n) is 1.93. The lowest BCUT2D eigenvalue weighted by atomic mass is 10.2. The van der Waals surface area contributed by atoms with Crippen LogP contribution in [0.2, 0.25) is 10.0 Å². The fraction of sp³-hybridized carbons (Fsp3) is 0.188. The Morgan fingerprint density at radius 2 is 1.96 bits per heavy atom. The van der Waals surface area contributed by atoms with Gasteiger partial charge in [-0.15, -0.1) is 0 Å². The molecule has 0 bridgehead atoms. The summed E-state index contributed by atoms with van der Waals surface area (Å²) >= 11 is 11.9. The Labute approximate surface area is 142 Å². The van der Waals surface area contributed by atoms with Gasteiger partial charge < -0.3 is 15.2 Å². The molecule has 0 fully saturated rings. The average Bonchev–Trinajstić information content (AvgIpc) is 2.47.